The first kappa shape index (κ1) is 8.32. The fraction of sp³-hybridized carbons (Fsp3) is 0.800. The van der Waals surface area contributed by atoms with Crippen molar-refractivity contribution in [2.45, 2.75) is 12.5 Å². The smallest absolute Gasteiger partial charge is 0.275 e. The highest BCUT2D eigenvalue weighted by molar-refractivity contribution is 5.63. The summed E-state index contributed by atoms with van der Waals surface area (Å²) in [5.74, 6) is 0. The molecule has 0 spiro atoms. The SMILES string of the molecule is CN1CC(OC(F)(F)F)C=[N+]1. The van der Waals surface area contributed by atoms with Crippen molar-refractivity contribution in [3.8, 4) is 0 Å². The molecule has 1 aliphatic rings. The standard InChI is InChI=1S/C5H7F3N2O/c1-10-3-4(2-9-10)11-5(6,7)8/h2,4H,3H2,1H3/q+1. The molecule has 1 atom stereocenters. The molecule has 11 heavy (non-hydrogen) atoms. The lowest BCUT2D eigenvalue weighted by Crippen LogP contribution is -2.28. The van der Waals surface area contributed by atoms with E-state index in [0.717, 1.165) is 6.21 Å². The van der Waals surface area contributed by atoms with Gasteiger partial charge in [0.25, 0.3) is 6.21 Å². The molecule has 0 saturated heterocycles. The molecule has 0 amide bonds. The Morgan fingerprint density at radius 2 is 2.27 bits per heavy atom. The second-order valence-corrected chi connectivity index (χ2v) is 2.21. The second kappa shape index (κ2) is 2.69. The van der Waals surface area contributed by atoms with Crippen LogP contribution in [0.3, 0.4) is 0 Å². The van der Waals surface area contributed by atoms with E-state index in [1.165, 1.54) is 5.01 Å². The van der Waals surface area contributed by atoms with Crippen molar-refractivity contribution < 1.29 is 17.9 Å². The molecule has 0 aliphatic carbocycles. The van der Waals surface area contributed by atoms with E-state index < -0.39 is 12.5 Å². The highest BCUT2D eigenvalue weighted by atomic mass is 19.4. The third-order valence-corrected chi connectivity index (χ3v) is 1.16. The van der Waals surface area contributed by atoms with Gasteiger partial charge in [-0.2, -0.15) is 0 Å². The summed E-state index contributed by atoms with van der Waals surface area (Å²) in [4.78, 5) is 0. The van der Waals surface area contributed by atoms with E-state index >= 15 is 0 Å². The Morgan fingerprint density at radius 1 is 1.64 bits per heavy atom. The van der Waals surface area contributed by atoms with Gasteiger partial charge in [-0.3, -0.25) is 4.74 Å². The van der Waals surface area contributed by atoms with Gasteiger partial charge in [-0.15, -0.1) is 18.2 Å². The van der Waals surface area contributed by atoms with Crippen LogP contribution in [0.4, 0.5) is 13.2 Å². The van der Waals surface area contributed by atoms with Gasteiger partial charge in [0.15, 0.2) is 11.2 Å². The Morgan fingerprint density at radius 3 is 2.64 bits per heavy atom. The zero-order valence-electron chi connectivity index (χ0n) is 5.80. The normalized spacial score (nSPS) is 24.7. The van der Waals surface area contributed by atoms with E-state index in [1.807, 2.05) is 0 Å². The largest absolute Gasteiger partial charge is 0.523 e. The van der Waals surface area contributed by atoms with Gasteiger partial charge in [-0.05, 0) is 0 Å². The van der Waals surface area contributed by atoms with E-state index in [4.69, 9.17) is 0 Å². The number of ether oxygens (including phenoxy) is 1. The number of nitrogens with zero attached hydrogens (tertiary/aromatic N) is 2. The third kappa shape index (κ3) is 2.75. The molecule has 0 bridgehead atoms. The Kier molecular flexibility index (Phi) is 2.03. The Bertz CT molecular complexity index is 168. The molecule has 0 N–H and O–H groups in total. The molecular weight excluding hydrogens is 161 g/mol. The van der Waals surface area contributed by atoms with Gasteiger partial charge >= 0.3 is 6.36 Å². The molecule has 0 fully saturated rings. The van der Waals surface area contributed by atoms with E-state index in [1.54, 1.807) is 7.05 Å². The lowest BCUT2D eigenvalue weighted by Gasteiger charge is -2.08. The predicted octanol–water partition coefficient (Wildman–Crippen LogP) is 0.158. The van der Waals surface area contributed by atoms with Gasteiger partial charge in [0.2, 0.25) is 0 Å². The average Bonchev–Trinajstić information content (AvgIpc) is 2.10. The van der Waals surface area contributed by atoms with E-state index in [-0.39, 0.29) is 6.54 Å². The summed E-state index contributed by atoms with van der Waals surface area (Å²) in [5.41, 5.74) is 0. The first-order valence-corrected chi connectivity index (χ1v) is 2.97. The van der Waals surface area contributed by atoms with Crippen molar-refractivity contribution >= 4 is 6.21 Å². The number of hydrogen-bond donors (Lipinski definition) is 0. The number of alkyl halides is 3. The van der Waals surface area contributed by atoms with Crippen LogP contribution >= 0.6 is 0 Å². The van der Waals surface area contributed by atoms with Gasteiger partial charge in [0.05, 0.1) is 7.05 Å². The molecule has 0 aromatic heterocycles. The van der Waals surface area contributed by atoms with Crippen molar-refractivity contribution in [2.75, 3.05) is 13.6 Å². The Hall–Kier alpha value is -0.780. The molecule has 0 aromatic rings. The maximum Gasteiger partial charge on any atom is 0.523 e. The molecule has 6 heteroatoms. The highest BCUT2D eigenvalue weighted by Gasteiger charge is 2.38. The Balaban J connectivity index is 2.36. The van der Waals surface area contributed by atoms with Gasteiger partial charge < -0.3 is 0 Å². The molecule has 1 heterocycles. The monoisotopic (exact) mass is 168 g/mol. The number of hydrogen-bond acceptors (Lipinski definition) is 3. The maximum absolute atomic E-state index is 11.5. The van der Waals surface area contributed by atoms with Crippen molar-refractivity contribution in [1.29, 1.82) is 0 Å². The van der Waals surface area contributed by atoms with Gasteiger partial charge in [-0.1, -0.05) is 0 Å². The molecular formula is C5H7F3N2O+. The third-order valence-electron chi connectivity index (χ3n) is 1.16. The maximum atomic E-state index is 11.5. The van der Waals surface area contributed by atoms with Crippen LogP contribution < -0.4 is 5.10 Å². The first-order chi connectivity index (χ1) is 4.97. The van der Waals surface area contributed by atoms with Crippen molar-refractivity contribution in [2.24, 2.45) is 0 Å². The molecule has 63 valence electrons. The summed E-state index contributed by atoms with van der Waals surface area (Å²) >= 11 is 0. The highest BCUT2D eigenvalue weighted by Crippen LogP contribution is 2.18. The lowest BCUT2D eigenvalue weighted by molar-refractivity contribution is -0.332. The van der Waals surface area contributed by atoms with Crippen LogP contribution in [-0.4, -0.2) is 37.3 Å². The van der Waals surface area contributed by atoms with Gasteiger partial charge in [-0.25, -0.2) is 0 Å². The minimum Gasteiger partial charge on any atom is -0.275 e. The predicted molar refractivity (Wildman–Crippen MR) is 31.8 cm³/mol. The summed E-state index contributed by atoms with van der Waals surface area (Å²) in [6.07, 6.45) is -4.39. The van der Waals surface area contributed by atoms with Crippen LogP contribution in [0.1, 0.15) is 0 Å². The van der Waals surface area contributed by atoms with Gasteiger partial charge in [0, 0.05) is 0 Å². The molecule has 0 saturated carbocycles. The fourth-order valence-electron chi connectivity index (χ4n) is 0.782. The molecule has 3 nitrogen and oxygen atoms in total. The van der Waals surface area contributed by atoms with E-state index in [2.05, 4.69) is 9.84 Å². The van der Waals surface area contributed by atoms with Crippen LogP contribution in [0.15, 0.2) is 0 Å². The number of rotatable bonds is 1. The average molecular weight is 168 g/mol. The summed E-state index contributed by atoms with van der Waals surface area (Å²) in [6, 6.07) is 0. The van der Waals surface area contributed by atoms with E-state index in [9.17, 15) is 13.2 Å². The minimum absolute atomic E-state index is 0.152. The van der Waals surface area contributed by atoms with Crippen LogP contribution in [0, 0.1) is 0 Å². The quantitative estimate of drug-likeness (QED) is 0.557. The minimum atomic E-state index is -4.57. The number of hydrazone groups is 1. The molecule has 1 aliphatic heterocycles. The summed E-state index contributed by atoms with van der Waals surface area (Å²) in [7, 11) is 1.58. The van der Waals surface area contributed by atoms with E-state index in [0.29, 0.717) is 0 Å². The first-order valence-electron chi connectivity index (χ1n) is 2.97. The molecule has 1 rings (SSSR count). The zero-order chi connectivity index (χ0) is 8.48. The van der Waals surface area contributed by atoms with Crippen LogP contribution in [0.2, 0.25) is 0 Å². The molecule has 1 radical (unpaired) electrons. The van der Waals surface area contributed by atoms with Crippen LogP contribution in [0.5, 0.6) is 0 Å². The lowest BCUT2D eigenvalue weighted by atomic mass is 10.4. The summed E-state index contributed by atoms with van der Waals surface area (Å²) in [6.45, 7) is 0.152. The number of halogens is 3. The fourth-order valence-corrected chi connectivity index (χ4v) is 0.782. The topological polar surface area (TPSA) is 26.6 Å². The molecule has 1 unspecified atom stereocenters. The number of likely N-dealkylation sites (N-methyl/N-ethyl adjacent to an activating group) is 1. The van der Waals surface area contributed by atoms with Crippen LogP contribution in [-0.2, 0) is 4.74 Å². The second-order valence-electron chi connectivity index (χ2n) is 2.21. The van der Waals surface area contributed by atoms with Gasteiger partial charge in [0.1, 0.15) is 6.54 Å². The zero-order valence-corrected chi connectivity index (χ0v) is 5.80. The molecule has 0 aromatic carbocycles. The van der Waals surface area contributed by atoms with Crippen molar-refractivity contribution in [3.63, 3.8) is 0 Å². The summed E-state index contributed by atoms with van der Waals surface area (Å²) < 4.78 is 38.3. The van der Waals surface area contributed by atoms with Crippen molar-refractivity contribution in [3.05, 3.63) is 0 Å². The van der Waals surface area contributed by atoms with Crippen molar-refractivity contribution in [1.82, 2.24) is 10.1 Å². The Labute approximate surface area is 61.4 Å². The van der Waals surface area contributed by atoms with Crippen LogP contribution in [0.25, 0.3) is 0 Å². The summed E-state index contributed by atoms with van der Waals surface area (Å²) in [5, 5.41) is 4.97.